The highest BCUT2D eigenvalue weighted by molar-refractivity contribution is 8.04. The molecule has 0 atom stereocenters. The van der Waals surface area contributed by atoms with E-state index in [4.69, 9.17) is 10.5 Å². The Balaban J connectivity index is 1.91. The van der Waals surface area contributed by atoms with Gasteiger partial charge in [0.1, 0.15) is 5.75 Å². The molecule has 0 aliphatic carbocycles. The van der Waals surface area contributed by atoms with Crippen LogP contribution in [0.15, 0.2) is 58.3 Å². The van der Waals surface area contributed by atoms with Gasteiger partial charge in [-0.1, -0.05) is 42.1 Å². The molecule has 2 aromatic rings. The van der Waals surface area contributed by atoms with Crippen molar-refractivity contribution in [1.29, 1.82) is 0 Å². The molecule has 0 unspecified atom stereocenters. The van der Waals surface area contributed by atoms with Crippen molar-refractivity contribution in [3.63, 3.8) is 0 Å². The monoisotopic (exact) mass is 311 g/mol. The van der Waals surface area contributed by atoms with Crippen molar-refractivity contribution in [2.75, 3.05) is 6.61 Å². The van der Waals surface area contributed by atoms with Crippen LogP contribution >= 0.6 is 11.8 Å². The van der Waals surface area contributed by atoms with Crippen molar-refractivity contribution in [3.8, 4) is 5.75 Å². The topological polar surface area (TPSA) is 69.4 Å². The van der Waals surface area contributed by atoms with E-state index in [1.54, 1.807) is 18.2 Å². The number of hydrogen-bond donors (Lipinski definition) is 1. The summed E-state index contributed by atoms with van der Waals surface area (Å²) in [5, 5.41) is 0. The number of primary amides is 1. The molecule has 1 heterocycles. The van der Waals surface area contributed by atoms with Crippen LogP contribution in [0.3, 0.4) is 0 Å². The molecule has 0 aromatic heterocycles. The predicted octanol–water partition coefficient (Wildman–Crippen LogP) is 2.88. The summed E-state index contributed by atoms with van der Waals surface area (Å²) < 4.78 is 5.38. The highest BCUT2D eigenvalue weighted by Crippen LogP contribution is 2.41. The number of carbonyl (C=O) groups excluding carboxylic acids is 2. The number of amides is 1. The highest BCUT2D eigenvalue weighted by Gasteiger charge is 2.25. The molecular formula is C17H13NO3S. The van der Waals surface area contributed by atoms with Gasteiger partial charge in [-0.25, -0.2) is 0 Å². The largest absolute Gasteiger partial charge is 0.483 e. The number of ether oxygens (including phenoxy) is 1. The number of ketones is 1. The van der Waals surface area contributed by atoms with Gasteiger partial charge in [-0.2, -0.15) is 0 Å². The first kappa shape index (κ1) is 14.4. The quantitative estimate of drug-likeness (QED) is 0.882. The van der Waals surface area contributed by atoms with Crippen LogP contribution in [0.4, 0.5) is 0 Å². The van der Waals surface area contributed by atoms with E-state index in [2.05, 4.69) is 0 Å². The maximum Gasteiger partial charge on any atom is 0.255 e. The average molecular weight is 311 g/mol. The summed E-state index contributed by atoms with van der Waals surface area (Å²) in [4.78, 5) is 24.8. The molecule has 0 saturated carbocycles. The average Bonchev–Trinajstić information content (AvgIpc) is 2.83. The minimum absolute atomic E-state index is 0.00491. The van der Waals surface area contributed by atoms with E-state index in [0.717, 1.165) is 10.5 Å². The summed E-state index contributed by atoms with van der Waals surface area (Å²) in [5.41, 5.74) is 6.56. The summed E-state index contributed by atoms with van der Waals surface area (Å²) in [7, 11) is 0. The molecule has 3 rings (SSSR count). The Bertz CT molecular complexity index is 783. The smallest absolute Gasteiger partial charge is 0.255 e. The number of rotatable bonds is 4. The summed E-state index contributed by atoms with van der Waals surface area (Å²) >= 11 is 1.44. The lowest BCUT2D eigenvalue weighted by Gasteiger charge is -2.07. The fraction of sp³-hybridized carbons (Fsp3) is 0.0588. The van der Waals surface area contributed by atoms with Crippen molar-refractivity contribution in [2.24, 2.45) is 5.73 Å². The van der Waals surface area contributed by atoms with Crippen LogP contribution in [-0.2, 0) is 4.79 Å². The van der Waals surface area contributed by atoms with Crippen LogP contribution in [0.25, 0.3) is 6.08 Å². The van der Waals surface area contributed by atoms with Crippen molar-refractivity contribution in [3.05, 3.63) is 64.6 Å². The molecule has 0 saturated heterocycles. The Morgan fingerprint density at radius 2 is 1.86 bits per heavy atom. The second-order valence-corrected chi connectivity index (χ2v) is 5.81. The van der Waals surface area contributed by atoms with Gasteiger partial charge in [0.15, 0.2) is 6.61 Å². The number of para-hydroxylation sites is 1. The van der Waals surface area contributed by atoms with Crippen molar-refractivity contribution >= 4 is 29.5 Å². The van der Waals surface area contributed by atoms with Crippen molar-refractivity contribution < 1.29 is 14.3 Å². The molecule has 0 bridgehead atoms. The summed E-state index contributed by atoms with van der Waals surface area (Å²) in [5.74, 6) is -0.00959. The number of allylic oxidation sites excluding steroid dienone is 1. The molecule has 4 nitrogen and oxygen atoms in total. The number of carbonyl (C=O) groups is 2. The summed E-state index contributed by atoms with van der Waals surface area (Å²) in [6.07, 6.45) is 1.78. The standard InChI is InChI=1S/C17H13NO3S/c18-16(19)10-21-13-7-3-1-5-11(13)9-15-17(20)12-6-2-4-8-14(12)22-15/h1-9H,10H2,(H2,18,19)/b15-9+. The van der Waals surface area contributed by atoms with Crippen LogP contribution in [0, 0.1) is 0 Å². The van der Waals surface area contributed by atoms with Gasteiger partial charge in [0, 0.05) is 16.0 Å². The number of nitrogens with two attached hydrogens (primary N) is 1. The van der Waals surface area contributed by atoms with E-state index in [-0.39, 0.29) is 12.4 Å². The molecule has 2 N–H and O–H groups in total. The highest BCUT2D eigenvalue weighted by atomic mass is 32.2. The molecule has 0 radical (unpaired) electrons. The summed E-state index contributed by atoms with van der Waals surface area (Å²) in [6, 6.07) is 14.7. The van der Waals surface area contributed by atoms with E-state index in [0.29, 0.717) is 16.2 Å². The first-order valence-electron chi connectivity index (χ1n) is 6.68. The van der Waals surface area contributed by atoms with E-state index in [1.165, 1.54) is 11.8 Å². The Labute approximate surface area is 132 Å². The normalized spacial score (nSPS) is 14.9. The fourth-order valence-electron chi connectivity index (χ4n) is 2.16. The predicted molar refractivity (Wildman–Crippen MR) is 85.7 cm³/mol. The Morgan fingerprint density at radius 3 is 2.64 bits per heavy atom. The minimum atomic E-state index is -0.541. The molecule has 5 heteroatoms. The van der Waals surface area contributed by atoms with Crippen LogP contribution in [0.5, 0.6) is 5.75 Å². The SMILES string of the molecule is NC(=O)COc1ccccc1/C=C1/Sc2ccccc2C1=O. The number of fused-ring (bicyclic) bond motifs is 1. The summed E-state index contributed by atoms with van der Waals surface area (Å²) in [6.45, 7) is -0.193. The van der Waals surface area contributed by atoms with Crippen LogP contribution in [-0.4, -0.2) is 18.3 Å². The van der Waals surface area contributed by atoms with Gasteiger partial charge in [0.25, 0.3) is 5.91 Å². The van der Waals surface area contributed by atoms with Crippen LogP contribution < -0.4 is 10.5 Å². The van der Waals surface area contributed by atoms with Gasteiger partial charge >= 0.3 is 0 Å². The maximum atomic E-state index is 12.4. The third kappa shape index (κ3) is 2.89. The number of benzene rings is 2. The second kappa shape index (κ2) is 6.07. The lowest BCUT2D eigenvalue weighted by molar-refractivity contribution is -0.119. The maximum absolute atomic E-state index is 12.4. The van der Waals surface area contributed by atoms with Gasteiger partial charge in [-0.05, 0) is 24.3 Å². The number of Topliss-reactive ketones (excluding diaryl/α,β-unsaturated/α-hetero) is 1. The zero-order chi connectivity index (χ0) is 15.5. The molecule has 0 fully saturated rings. The first-order chi connectivity index (χ1) is 10.6. The lowest BCUT2D eigenvalue weighted by Crippen LogP contribution is -2.20. The fourth-order valence-corrected chi connectivity index (χ4v) is 3.20. The van der Waals surface area contributed by atoms with Gasteiger partial charge in [0.05, 0.1) is 4.91 Å². The zero-order valence-electron chi connectivity index (χ0n) is 11.6. The molecule has 1 amide bonds. The van der Waals surface area contributed by atoms with E-state index >= 15 is 0 Å². The Morgan fingerprint density at radius 1 is 1.14 bits per heavy atom. The van der Waals surface area contributed by atoms with Crippen LogP contribution in [0.1, 0.15) is 15.9 Å². The van der Waals surface area contributed by atoms with Gasteiger partial charge < -0.3 is 10.5 Å². The van der Waals surface area contributed by atoms with Crippen molar-refractivity contribution in [2.45, 2.75) is 4.90 Å². The third-order valence-electron chi connectivity index (χ3n) is 3.15. The van der Waals surface area contributed by atoms with E-state index in [1.807, 2.05) is 36.4 Å². The molecule has 2 aromatic carbocycles. The van der Waals surface area contributed by atoms with Crippen LogP contribution in [0.2, 0.25) is 0 Å². The Hall–Kier alpha value is -2.53. The lowest BCUT2D eigenvalue weighted by atomic mass is 10.1. The minimum Gasteiger partial charge on any atom is -0.483 e. The van der Waals surface area contributed by atoms with E-state index < -0.39 is 5.91 Å². The molecule has 0 spiro atoms. The van der Waals surface area contributed by atoms with E-state index in [9.17, 15) is 9.59 Å². The van der Waals surface area contributed by atoms with Crippen molar-refractivity contribution in [1.82, 2.24) is 0 Å². The molecule has 1 aliphatic heterocycles. The second-order valence-electron chi connectivity index (χ2n) is 4.73. The molecule has 22 heavy (non-hydrogen) atoms. The first-order valence-corrected chi connectivity index (χ1v) is 7.50. The van der Waals surface area contributed by atoms with Gasteiger partial charge in [-0.3, -0.25) is 9.59 Å². The number of hydrogen-bond acceptors (Lipinski definition) is 4. The number of thioether (sulfide) groups is 1. The molecular weight excluding hydrogens is 298 g/mol. The molecule has 110 valence electrons. The van der Waals surface area contributed by atoms with Gasteiger partial charge in [0.2, 0.25) is 5.78 Å². The van der Waals surface area contributed by atoms with Gasteiger partial charge in [-0.15, -0.1) is 0 Å². The third-order valence-corrected chi connectivity index (χ3v) is 4.25. The Kier molecular flexibility index (Phi) is 3.98. The zero-order valence-corrected chi connectivity index (χ0v) is 12.4. The molecule has 1 aliphatic rings.